The molecule has 0 bridgehead atoms. The van der Waals surface area contributed by atoms with Crippen LogP contribution in [0.1, 0.15) is 13.3 Å². The quantitative estimate of drug-likeness (QED) is 0.262. The highest BCUT2D eigenvalue weighted by Gasteiger charge is 2.04. The Morgan fingerprint density at radius 3 is 2.71 bits per heavy atom. The monoisotopic (exact) mass is 222 g/mol. The lowest BCUT2D eigenvalue weighted by Crippen LogP contribution is -2.26. The molecule has 0 aromatic rings. The van der Waals surface area contributed by atoms with Crippen LogP contribution in [0.25, 0.3) is 0 Å². The van der Waals surface area contributed by atoms with Crippen LogP contribution >= 0.6 is 11.8 Å². The van der Waals surface area contributed by atoms with Gasteiger partial charge in [-0.15, -0.1) is 11.8 Å². The summed E-state index contributed by atoms with van der Waals surface area (Å²) >= 11 is 1.31. The average Bonchev–Trinajstić information content (AvgIpc) is 2.13. The summed E-state index contributed by atoms with van der Waals surface area (Å²) < 4.78 is 4.69. The van der Waals surface area contributed by atoms with Crippen molar-refractivity contribution in [2.75, 3.05) is 18.1 Å². The minimum Gasteiger partial charge on any atom is -0.465 e. The fourth-order valence-corrected chi connectivity index (χ4v) is 1.34. The van der Waals surface area contributed by atoms with Crippen molar-refractivity contribution in [1.29, 1.82) is 0 Å². The third-order valence-electron chi connectivity index (χ3n) is 1.15. The molecule has 82 valence electrons. The topological polar surface area (TPSA) is 90.7 Å². The number of hydrazine groups is 1. The van der Waals surface area contributed by atoms with Crippen LogP contribution in [0.2, 0.25) is 0 Å². The summed E-state index contributed by atoms with van der Waals surface area (Å²) in [6, 6.07) is 0. The lowest BCUT2D eigenvalue weighted by Gasteiger charge is -2.01. The van der Waals surface area contributed by atoms with E-state index in [9.17, 15) is 9.59 Å². The van der Waals surface area contributed by atoms with Crippen molar-refractivity contribution in [2.45, 2.75) is 13.3 Å². The molecule has 0 aliphatic carbocycles. The SMILES string of the molecule is CCOC(=O)CSCCC(=O)ONN. The minimum atomic E-state index is -0.455. The highest BCUT2D eigenvalue weighted by atomic mass is 32.2. The van der Waals surface area contributed by atoms with Crippen molar-refractivity contribution in [2.24, 2.45) is 5.84 Å². The predicted molar refractivity (Wildman–Crippen MR) is 52.0 cm³/mol. The van der Waals surface area contributed by atoms with Gasteiger partial charge in [-0.3, -0.25) is 9.59 Å². The minimum absolute atomic E-state index is 0.203. The zero-order valence-electron chi connectivity index (χ0n) is 7.95. The molecule has 0 atom stereocenters. The molecule has 14 heavy (non-hydrogen) atoms. The maximum absolute atomic E-state index is 10.8. The molecule has 7 heteroatoms. The first-order chi connectivity index (χ1) is 6.70. The smallest absolute Gasteiger partial charge is 0.327 e. The van der Waals surface area contributed by atoms with Crippen molar-refractivity contribution in [3.05, 3.63) is 0 Å². The fraction of sp³-hybridized carbons (Fsp3) is 0.714. The second kappa shape index (κ2) is 8.79. The van der Waals surface area contributed by atoms with E-state index >= 15 is 0 Å². The number of esters is 1. The van der Waals surface area contributed by atoms with E-state index in [2.05, 4.69) is 9.57 Å². The molecule has 0 unspecified atom stereocenters. The van der Waals surface area contributed by atoms with Gasteiger partial charge in [-0.2, -0.15) is 0 Å². The van der Waals surface area contributed by atoms with Gasteiger partial charge in [0.25, 0.3) is 0 Å². The molecule has 0 amide bonds. The largest absolute Gasteiger partial charge is 0.465 e. The lowest BCUT2D eigenvalue weighted by atomic mass is 10.5. The lowest BCUT2D eigenvalue weighted by molar-refractivity contribution is -0.150. The first-order valence-corrected chi connectivity index (χ1v) is 5.24. The van der Waals surface area contributed by atoms with E-state index in [1.54, 1.807) is 12.5 Å². The highest BCUT2D eigenvalue weighted by molar-refractivity contribution is 7.99. The van der Waals surface area contributed by atoms with Crippen LogP contribution in [0.3, 0.4) is 0 Å². The maximum atomic E-state index is 10.8. The highest BCUT2D eigenvalue weighted by Crippen LogP contribution is 2.03. The molecule has 0 radical (unpaired) electrons. The van der Waals surface area contributed by atoms with Gasteiger partial charge in [-0.05, 0) is 6.92 Å². The number of thioether (sulfide) groups is 1. The number of carbonyl (C=O) groups excluding carboxylic acids is 2. The standard InChI is InChI=1S/C7H14N2O4S/c1-2-12-7(11)5-14-4-3-6(10)13-9-8/h9H,2-5,8H2,1H3. The number of ether oxygens (including phenoxy) is 1. The van der Waals surface area contributed by atoms with Gasteiger partial charge in [0.1, 0.15) is 0 Å². The Labute approximate surface area is 86.4 Å². The summed E-state index contributed by atoms with van der Waals surface area (Å²) in [5.41, 5.74) is 1.79. The summed E-state index contributed by atoms with van der Waals surface area (Å²) in [6.45, 7) is 2.12. The van der Waals surface area contributed by atoms with Gasteiger partial charge >= 0.3 is 11.9 Å². The second-order valence-corrected chi connectivity index (χ2v) is 3.30. The molecular weight excluding hydrogens is 208 g/mol. The molecule has 0 aliphatic rings. The second-order valence-electron chi connectivity index (χ2n) is 2.20. The number of nitrogens with one attached hydrogen (secondary N) is 1. The zero-order chi connectivity index (χ0) is 10.8. The number of hydrogen-bond acceptors (Lipinski definition) is 7. The van der Waals surface area contributed by atoms with E-state index in [1.165, 1.54) is 11.8 Å². The van der Waals surface area contributed by atoms with Crippen LogP contribution in [0, 0.1) is 0 Å². The fourth-order valence-electron chi connectivity index (χ4n) is 0.630. The summed E-state index contributed by atoms with van der Waals surface area (Å²) in [7, 11) is 0. The predicted octanol–water partition coefficient (Wildman–Crippen LogP) is -0.406. The maximum Gasteiger partial charge on any atom is 0.327 e. The van der Waals surface area contributed by atoms with Crippen molar-refractivity contribution in [1.82, 2.24) is 5.59 Å². The Hall–Kier alpha value is -0.790. The summed E-state index contributed by atoms with van der Waals surface area (Å²) in [5, 5.41) is 0. The summed E-state index contributed by atoms with van der Waals surface area (Å²) in [4.78, 5) is 25.8. The normalized spacial score (nSPS) is 9.57. The van der Waals surface area contributed by atoms with Crippen LogP contribution in [-0.4, -0.2) is 30.1 Å². The van der Waals surface area contributed by atoms with E-state index < -0.39 is 5.97 Å². The molecule has 0 aromatic carbocycles. The molecule has 0 aromatic heterocycles. The van der Waals surface area contributed by atoms with Crippen LogP contribution in [0.4, 0.5) is 0 Å². The third kappa shape index (κ3) is 7.84. The first kappa shape index (κ1) is 13.2. The summed E-state index contributed by atoms with van der Waals surface area (Å²) in [6.07, 6.45) is 0.203. The van der Waals surface area contributed by atoms with E-state index in [-0.39, 0.29) is 18.1 Å². The van der Waals surface area contributed by atoms with Crippen LogP contribution in [0.5, 0.6) is 0 Å². The molecule has 0 fully saturated rings. The zero-order valence-corrected chi connectivity index (χ0v) is 8.76. The van der Waals surface area contributed by atoms with Crippen molar-refractivity contribution in [3.8, 4) is 0 Å². The molecule has 0 aliphatic heterocycles. The van der Waals surface area contributed by atoms with Gasteiger partial charge in [0.2, 0.25) is 0 Å². The van der Waals surface area contributed by atoms with Gasteiger partial charge in [0.15, 0.2) is 0 Å². The van der Waals surface area contributed by atoms with Gasteiger partial charge in [0, 0.05) is 5.75 Å². The van der Waals surface area contributed by atoms with E-state index in [4.69, 9.17) is 5.84 Å². The Bertz CT molecular complexity index is 169. The third-order valence-corrected chi connectivity index (χ3v) is 2.08. The van der Waals surface area contributed by atoms with Gasteiger partial charge in [-0.25, -0.2) is 5.84 Å². The van der Waals surface area contributed by atoms with E-state index in [1.807, 2.05) is 0 Å². The van der Waals surface area contributed by atoms with E-state index in [0.29, 0.717) is 12.4 Å². The van der Waals surface area contributed by atoms with Gasteiger partial charge in [-0.1, -0.05) is 5.59 Å². The first-order valence-electron chi connectivity index (χ1n) is 4.09. The number of nitrogens with two attached hydrogens (primary N) is 1. The average molecular weight is 222 g/mol. The van der Waals surface area contributed by atoms with Gasteiger partial charge in [0.05, 0.1) is 18.8 Å². The van der Waals surface area contributed by atoms with Crippen LogP contribution < -0.4 is 11.4 Å². The van der Waals surface area contributed by atoms with Crippen molar-refractivity contribution >= 4 is 23.7 Å². The number of hydrogen-bond donors (Lipinski definition) is 2. The number of rotatable bonds is 7. The molecule has 6 nitrogen and oxygen atoms in total. The van der Waals surface area contributed by atoms with Crippen LogP contribution in [-0.2, 0) is 19.2 Å². The molecule has 0 heterocycles. The Balaban J connectivity index is 3.28. The van der Waals surface area contributed by atoms with Crippen LogP contribution in [0.15, 0.2) is 0 Å². The molecule has 0 saturated carbocycles. The molecule has 3 N–H and O–H groups in total. The molecular formula is C7H14N2O4S. The van der Waals surface area contributed by atoms with Crippen molar-refractivity contribution < 1.29 is 19.2 Å². The Morgan fingerprint density at radius 2 is 2.14 bits per heavy atom. The van der Waals surface area contributed by atoms with Gasteiger partial charge < -0.3 is 9.57 Å². The Morgan fingerprint density at radius 1 is 1.43 bits per heavy atom. The molecule has 0 rings (SSSR count). The van der Waals surface area contributed by atoms with Crippen molar-refractivity contribution in [3.63, 3.8) is 0 Å². The molecule has 0 saturated heterocycles. The number of carbonyl (C=O) groups is 2. The molecule has 0 spiro atoms. The Kier molecular flexibility index (Phi) is 8.30. The van der Waals surface area contributed by atoms with E-state index in [0.717, 1.165) is 0 Å². The summed E-state index contributed by atoms with van der Waals surface area (Å²) in [5.74, 6) is 4.76.